The maximum atomic E-state index is 12.9. The SMILES string of the molecule is C[C@H](Oc1ccc(F)cc1)C(=O)N1CCC[C@H](c2ccn[nH]2)C1. The van der Waals surface area contributed by atoms with Crippen LogP contribution in [0.5, 0.6) is 5.75 Å². The van der Waals surface area contributed by atoms with E-state index >= 15 is 0 Å². The van der Waals surface area contributed by atoms with Crippen molar-refractivity contribution in [2.45, 2.75) is 31.8 Å². The fourth-order valence-electron chi connectivity index (χ4n) is 2.95. The van der Waals surface area contributed by atoms with Gasteiger partial charge in [-0.25, -0.2) is 4.39 Å². The molecular weight excluding hydrogens is 297 g/mol. The Morgan fingerprint density at radius 1 is 1.39 bits per heavy atom. The number of hydrogen-bond acceptors (Lipinski definition) is 3. The molecule has 1 aromatic carbocycles. The molecule has 0 spiro atoms. The molecule has 0 bridgehead atoms. The summed E-state index contributed by atoms with van der Waals surface area (Å²) < 4.78 is 18.5. The second-order valence-electron chi connectivity index (χ2n) is 5.85. The molecule has 0 saturated carbocycles. The maximum Gasteiger partial charge on any atom is 0.263 e. The minimum absolute atomic E-state index is 0.0430. The number of likely N-dealkylation sites (tertiary alicyclic amines) is 1. The molecule has 0 aliphatic carbocycles. The second kappa shape index (κ2) is 6.81. The number of rotatable bonds is 4. The number of ether oxygens (including phenoxy) is 1. The van der Waals surface area contributed by atoms with E-state index in [4.69, 9.17) is 4.74 Å². The van der Waals surface area contributed by atoms with E-state index in [1.54, 1.807) is 13.1 Å². The van der Waals surface area contributed by atoms with Crippen LogP contribution in [0.2, 0.25) is 0 Å². The quantitative estimate of drug-likeness (QED) is 0.943. The van der Waals surface area contributed by atoms with E-state index in [2.05, 4.69) is 10.2 Å². The van der Waals surface area contributed by atoms with Crippen LogP contribution in [0.15, 0.2) is 36.5 Å². The van der Waals surface area contributed by atoms with Gasteiger partial charge in [-0.3, -0.25) is 9.89 Å². The lowest BCUT2D eigenvalue weighted by molar-refractivity contribution is -0.139. The second-order valence-corrected chi connectivity index (χ2v) is 5.85. The van der Waals surface area contributed by atoms with Crippen LogP contribution < -0.4 is 4.74 Å². The summed E-state index contributed by atoms with van der Waals surface area (Å²) >= 11 is 0. The molecule has 5 nitrogen and oxygen atoms in total. The van der Waals surface area contributed by atoms with Crippen LogP contribution in [0.25, 0.3) is 0 Å². The Kier molecular flexibility index (Phi) is 4.60. The van der Waals surface area contributed by atoms with Crippen molar-refractivity contribution >= 4 is 5.91 Å². The molecule has 0 unspecified atom stereocenters. The molecule has 1 aliphatic rings. The summed E-state index contributed by atoms with van der Waals surface area (Å²) in [5.41, 5.74) is 1.06. The first-order valence-electron chi connectivity index (χ1n) is 7.84. The van der Waals surface area contributed by atoms with Gasteiger partial charge in [0.2, 0.25) is 0 Å². The molecular formula is C17H20FN3O2. The minimum atomic E-state index is -0.596. The first-order chi connectivity index (χ1) is 11.1. The number of amides is 1. The molecule has 3 rings (SSSR count). The summed E-state index contributed by atoms with van der Waals surface area (Å²) in [4.78, 5) is 14.4. The van der Waals surface area contributed by atoms with Crippen molar-refractivity contribution in [1.82, 2.24) is 15.1 Å². The number of aromatic nitrogens is 2. The number of carbonyl (C=O) groups excluding carboxylic acids is 1. The predicted octanol–water partition coefficient (Wildman–Crippen LogP) is 2.72. The first kappa shape index (κ1) is 15.5. The Morgan fingerprint density at radius 2 is 2.17 bits per heavy atom. The third-order valence-corrected chi connectivity index (χ3v) is 4.17. The van der Waals surface area contributed by atoms with Crippen LogP contribution >= 0.6 is 0 Å². The summed E-state index contributed by atoms with van der Waals surface area (Å²) in [7, 11) is 0. The molecule has 2 heterocycles. The van der Waals surface area contributed by atoms with Gasteiger partial charge in [-0.05, 0) is 50.1 Å². The van der Waals surface area contributed by atoms with E-state index < -0.39 is 6.10 Å². The minimum Gasteiger partial charge on any atom is -0.481 e. The van der Waals surface area contributed by atoms with Gasteiger partial charge in [-0.15, -0.1) is 0 Å². The number of carbonyl (C=O) groups is 1. The average molecular weight is 317 g/mol. The Morgan fingerprint density at radius 3 is 2.87 bits per heavy atom. The highest BCUT2D eigenvalue weighted by molar-refractivity contribution is 5.81. The smallest absolute Gasteiger partial charge is 0.263 e. The van der Waals surface area contributed by atoms with Crippen molar-refractivity contribution < 1.29 is 13.9 Å². The van der Waals surface area contributed by atoms with Gasteiger partial charge in [-0.2, -0.15) is 5.10 Å². The molecule has 2 atom stereocenters. The molecule has 1 N–H and O–H groups in total. The molecule has 1 fully saturated rings. The van der Waals surface area contributed by atoms with Gasteiger partial charge in [0.15, 0.2) is 6.10 Å². The third kappa shape index (κ3) is 3.70. The molecule has 6 heteroatoms. The number of halogens is 1. The standard InChI is InChI=1S/C17H20FN3O2/c1-12(23-15-6-4-14(18)5-7-15)17(22)21-10-2-3-13(11-21)16-8-9-19-20-16/h4-9,12-13H,2-3,10-11H2,1H3,(H,19,20)/t12-,13-/m0/s1. The fourth-order valence-corrected chi connectivity index (χ4v) is 2.95. The fraction of sp³-hybridized carbons (Fsp3) is 0.412. The summed E-state index contributed by atoms with van der Waals surface area (Å²) in [5.74, 6) is 0.413. The predicted molar refractivity (Wildman–Crippen MR) is 83.6 cm³/mol. The van der Waals surface area contributed by atoms with Gasteiger partial charge in [0.05, 0.1) is 0 Å². The molecule has 1 aromatic heterocycles. The number of H-pyrrole nitrogens is 1. The zero-order valence-electron chi connectivity index (χ0n) is 13.0. The van der Waals surface area contributed by atoms with Crippen molar-refractivity contribution in [3.05, 3.63) is 48.0 Å². The van der Waals surface area contributed by atoms with Crippen LogP contribution in [-0.4, -0.2) is 40.2 Å². The monoisotopic (exact) mass is 317 g/mol. The van der Waals surface area contributed by atoms with Crippen molar-refractivity contribution in [1.29, 1.82) is 0 Å². The lowest BCUT2D eigenvalue weighted by Gasteiger charge is -2.33. The molecule has 122 valence electrons. The number of hydrogen-bond donors (Lipinski definition) is 1. The Bertz CT molecular complexity index is 642. The zero-order chi connectivity index (χ0) is 16.2. The average Bonchev–Trinajstić information content (AvgIpc) is 3.11. The van der Waals surface area contributed by atoms with E-state index in [0.717, 1.165) is 25.1 Å². The van der Waals surface area contributed by atoms with E-state index in [1.165, 1.54) is 24.3 Å². The van der Waals surface area contributed by atoms with Crippen LogP contribution in [0.1, 0.15) is 31.4 Å². The van der Waals surface area contributed by atoms with Crippen molar-refractivity contribution in [3.63, 3.8) is 0 Å². The van der Waals surface area contributed by atoms with Crippen molar-refractivity contribution in [2.75, 3.05) is 13.1 Å². The molecule has 1 amide bonds. The van der Waals surface area contributed by atoms with E-state index in [1.807, 2.05) is 11.0 Å². The van der Waals surface area contributed by atoms with Crippen LogP contribution in [-0.2, 0) is 4.79 Å². The van der Waals surface area contributed by atoms with Gasteiger partial charge in [-0.1, -0.05) is 0 Å². The van der Waals surface area contributed by atoms with Crippen molar-refractivity contribution in [2.24, 2.45) is 0 Å². The molecule has 1 saturated heterocycles. The third-order valence-electron chi connectivity index (χ3n) is 4.17. The molecule has 2 aromatic rings. The van der Waals surface area contributed by atoms with Gasteiger partial charge in [0.25, 0.3) is 5.91 Å². The lowest BCUT2D eigenvalue weighted by atomic mass is 9.94. The van der Waals surface area contributed by atoms with Crippen LogP contribution in [0, 0.1) is 5.82 Å². The van der Waals surface area contributed by atoms with Gasteiger partial charge >= 0.3 is 0 Å². The van der Waals surface area contributed by atoms with Gasteiger partial charge in [0.1, 0.15) is 11.6 Å². The van der Waals surface area contributed by atoms with E-state index in [0.29, 0.717) is 12.3 Å². The number of piperidine rings is 1. The van der Waals surface area contributed by atoms with E-state index in [-0.39, 0.29) is 17.6 Å². The molecule has 23 heavy (non-hydrogen) atoms. The van der Waals surface area contributed by atoms with Gasteiger partial charge < -0.3 is 9.64 Å². The summed E-state index contributed by atoms with van der Waals surface area (Å²) in [6, 6.07) is 7.66. The number of nitrogens with one attached hydrogen (secondary N) is 1. The number of benzene rings is 1. The highest BCUT2D eigenvalue weighted by Gasteiger charge is 2.29. The van der Waals surface area contributed by atoms with Crippen LogP contribution in [0.3, 0.4) is 0 Å². The molecule has 0 radical (unpaired) electrons. The number of aromatic amines is 1. The first-order valence-corrected chi connectivity index (χ1v) is 7.84. The largest absolute Gasteiger partial charge is 0.481 e. The summed E-state index contributed by atoms with van der Waals surface area (Å²) in [6.45, 7) is 3.13. The lowest BCUT2D eigenvalue weighted by Crippen LogP contribution is -2.45. The molecule has 1 aliphatic heterocycles. The Balaban J connectivity index is 1.61. The van der Waals surface area contributed by atoms with Crippen LogP contribution in [0.4, 0.5) is 4.39 Å². The Hall–Kier alpha value is -2.37. The topological polar surface area (TPSA) is 58.2 Å². The zero-order valence-corrected chi connectivity index (χ0v) is 13.0. The number of nitrogens with zero attached hydrogens (tertiary/aromatic N) is 2. The summed E-state index contributed by atoms with van der Waals surface area (Å²) in [5, 5.41) is 6.97. The van der Waals surface area contributed by atoms with Gasteiger partial charge in [0, 0.05) is 30.9 Å². The summed E-state index contributed by atoms with van der Waals surface area (Å²) in [6.07, 6.45) is 3.13. The Labute approximate surface area is 134 Å². The normalized spacial score (nSPS) is 19.4. The van der Waals surface area contributed by atoms with E-state index in [9.17, 15) is 9.18 Å². The highest BCUT2D eigenvalue weighted by atomic mass is 19.1. The maximum absolute atomic E-state index is 12.9. The highest BCUT2D eigenvalue weighted by Crippen LogP contribution is 2.26. The van der Waals surface area contributed by atoms with Crippen molar-refractivity contribution in [3.8, 4) is 5.75 Å².